The molecular formula is C12H13F3N2O2. The maximum atomic E-state index is 12.3. The van der Waals surface area contributed by atoms with Gasteiger partial charge in [-0.1, -0.05) is 0 Å². The lowest BCUT2D eigenvalue weighted by molar-refractivity contribution is -0.141. The molecular weight excluding hydrogens is 261 g/mol. The highest BCUT2D eigenvalue weighted by atomic mass is 19.4. The number of hydrogen-bond donors (Lipinski definition) is 0. The number of carbonyl (C=O) groups excluding carboxylic acids is 1. The van der Waals surface area contributed by atoms with E-state index in [1.165, 1.54) is 0 Å². The molecule has 19 heavy (non-hydrogen) atoms. The van der Waals surface area contributed by atoms with Crippen LogP contribution in [-0.2, 0) is 17.4 Å². The van der Waals surface area contributed by atoms with E-state index in [9.17, 15) is 18.0 Å². The molecule has 1 saturated heterocycles. The summed E-state index contributed by atoms with van der Waals surface area (Å²) in [6.45, 7) is 1.54. The van der Waals surface area contributed by atoms with Crippen molar-refractivity contribution >= 4 is 6.41 Å². The van der Waals surface area contributed by atoms with Crippen molar-refractivity contribution in [2.75, 3.05) is 13.1 Å². The Balaban J connectivity index is 1.52. The summed E-state index contributed by atoms with van der Waals surface area (Å²) >= 11 is 0. The van der Waals surface area contributed by atoms with Crippen molar-refractivity contribution in [3.05, 3.63) is 17.8 Å². The molecule has 1 aliphatic carbocycles. The average Bonchev–Trinajstić information content (AvgIpc) is 2.67. The highest BCUT2D eigenvalue weighted by Crippen LogP contribution is 2.52. The van der Waals surface area contributed by atoms with E-state index in [2.05, 4.69) is 4.98 Å². The Morgan fingerprint density at radius 3 is 2.68 bits per heavy atom. The van der Waals surface area contributed by atoms with Gasteiger partial charge in [0.2, 0.25) is 6.41 Å². The molecule has 1 spiro atoms. The molecule has 2 heterocycles. The zero-order valence-corrected chi connectivity index (χ0v) is 10.1. The van der Waals surface area contributed by atoms with Crippen LogP contribution >= 0.6 is 0 Å². The monoisotopic (exact) mass is 274 g/mol. The molecule has 104 valence electrons. The van der Waals surface area contributed by atoms with Gasteiger partial charge in [-0.3, -0.25) is 4.79 Å². The molecule has 1 saturated carbocycles. The number of hydrogen-bond acceptors (Lipinski definition) is 3. The quantitative estimate of drug-likeness (QED) is 0.793. The maximum Gasteiger partial charge on any atom is 0.436 e. The SMILES string of the molecule is O=CN1CC2(CC(Cc3nc(C(F)(F)F)co3)C2)C1. The maximum absolute atomic E-state index is 12.3. The van der Waals surface area contributed by atoms with Crippen molar-refractivity contribution in [1.29, 1.82) is 0 Å². The average molecular weight is 274 g/mol. The molecule has 0 unspecified atom stereocenters. The van der Waals surface area contributed by atoms with Crippen LogP contribution < -0.4 is 0 Å². The van der Waals surface area contributed by atoms with Crippen LogP contribution in [0.3, 0.4) is 0 Å². The van der Waals surface area contributed by atoms with Crippen LogP contribution in [0.4, 0.5) is 13.2 Å². The van der Waals surface area contributed by atoms with Crippen LogP contribution in [-0.4, -0.2) is 29.4 Å². The van der Waals surface area contributed by atoms with Crippen LogP contribution in [0.2, 0.25) is 0 Å². The standard InChI is InChI=1S/C12H13F3N2O2/c13-12(14,15)9-4-19-10(16-9)1-8-2-11(3-8)5-17(6-11)7-18/h4,7-8H,1-3,5-6H2. The first-order chi connectivity index (χ1) is 8.90. The fourth-order valence-electron chi connectivity index (χ4n) is 3.24. The first kappa shape index (κ1) is 12.5. The summed E-state index contributed by atoms with van der Waals surface area (Å²) < 4.78 is 41.9. The van der Waals surface area contributed by atoms with Crippen LogP contribution in [0.5, 0.6) is 0 Å². The van der Waals surface area contributed by atoms with E-state index in [0.717, 1.165) is 32.3 Å². The normalized spacial score (nSPS) is 22.2. The van der Waals surface area contributed by atoms with E-state index in [-0.39, 0.29) is 11.3 Å². The van der Waals surface area contributed by atoms with E-state index < -0.39 is 11.9 Å². The molecule has 2 aliphatic rings. The molecule has 1 aliphatic heterocycles. The van der Waals surface area contributed by atoms with Gasteiger partial charge in [-0.05, 0) is 18.8 Å². The molecule has 0 N–H and O–H groups in total. The number of halogens is 3. The lowest BCUT2D eigenvalue weighted by atomic mass is 9.57. The summed E-state index contributed by atoms with van der Waals surface area (Å²) in [5, 5.41) is 0. The van der Waals surface area contributed by atoms with Crippen molar-refractivity contribution in [2.24, 2.45) is 11.3 Å². The second-order valence-corrected chi connectivity index (χ2v) is 5.61. The molecule has 0 radical (unpaired) electrons. The predicted molar refractivity (Wildman–Crippen MR) is 58.0 cm³/mol. The van der Waals surface area contributed by atoms with E-state index in [0.29, 0.717) is 18.6 Å². The molecule has 1 aromatic heterocycles. The minimum absolute atomic E-state index is 0.152. The Hall–Kier alpha value is -1.53. The first-order valence-corrected chi connectivity index (χ1v) is 6.11. The van der Waals surface area contributed by atoms with Gasteiger partial charge in [-0.2, -0.15) is 13.2 Å². The summed E-state index contributed by atoms with van der Waals surface area (Å²) in [6, 6.07) is 0. The minimum Gasteiger partial charge on any atom is -0.448 e. The van der Waals surface area contributed by atoms with Crippen molar-refractivity contribution in [3.63, 3.8) is 0 Å². The minimum atomic E-state index is -4.44. The molecule has 7 heteroatoms. The number of likely N-dealkylation sites (tertiary alicyclic amines) is 1. The zero-order valence-electron chi connectivity index (χ0n) is 10.1. The van der Waals surface area contributed by atoms with E-state index in [1.807, 2.05) is 0 Å². The topological polar surface area (TPSA) is 46.3 Å². The van der Waals surface area contributed by atoms with Crippen molar-refractivity contribution in [1.82, 2.24) is 9.88 Å². The molecule has 1 aromatic rings. The van der Waals surface area contributed by atoms with Crippen molar-refractivity contribution in [3.8, 4) is 0 Å². The van der Waals surface area contributed by atoms with Gasteiger partial charge in [0, 0.05) is 24.9 Å². The van der Waals surface area contributed by atoms with Gasteiger partial charge in [0.1, 0.15) is 6.26 Å². The number of alkyl halides is 3. The van der Waals surface area contributed by atoms with Gasteiger partial charge in [0.05, 0.1) is 0 Å². The smallest absolute Gasteiger partial charge is 0.436 e. The van der Waals surface area contributed by atoms with E-state index >= 15 is 0 Å². The Kier molecular flexibility index (Phi) is 2.62. The third-order valence-corrected chi connectivity index (χ3v) is 3.97. The molecule has 1 amide bonds. The van der Waals surface area contributed by atoms with Gasteiger partial charge in [-0.25, -0.2) is 4.98 Å². The largest absolute Gasteiger partial charge is 0.448 e. The highest BCUT2D eigenvalue weighted by molar-refractivity contribution is 5.49. The molecule has 4 nitrogen and oxygen atoms in total. The van der Waals surface area contributed by atoms with Gasteiger partial charge in [0.15, 0.2) is 11.6 Å². The summed E-state index contributed by atoms with van der Waals surface area (Å²) in [5.41, 5.74) is -0.752. The third-order valence-electron chi connectivity index (χ3n) is 3.97. The Morgan fingerprint density at radius 2 is 2.16 bits per heavy atom. The number of aromatic nitrogens is 1. The number of oxazole rings is 1. The van der Waals surface area contributed by atoms with Crippen LogP contribution in [0.15, 0.2) is 10.7 Å². The summed E-state index contributed by atoms with van der Waals surface area (Å²) in [7, 11) is 0. The Morgan fingerprint density at radius 1 is 1.47 bits per heavy atom. The molecule has 2 fully saturated rings. The Labute approximate surface area is 107 Å². The molecule has 0 aromatic carbocycles. The van der Waals surface area contributed by atoms with Crippen molar-refractivity contribution in [2.45, 2.75) is 25.4 Å². The van der Waals surface area contributed by atoms with Gasteiger partial charge in [-0.15, -0.1) is 0 Å². The van der Waals surface area contributed by atoms with Crippen LogP contribution in [0, 0.1) is 11.3 Å². The third kappa shape index (κ3) is 2.21. The predicted octanol–water partition coefficient (Wildman–Crippen LogP) is 2.10. The highest BCUT2D eigenvalue weighted by Gasteiger charge is 2.52. The van der Waals surface area contributed by atoms with Gasteiger partial charge >= 0.3 is 6.18 Å². The second kappa shape index (κ2) is 3.98. The number of nitrogens with zero attached hydrogens (tertiary/aromatic N) is 2. The Bertz CT molecular complexity index is 483. The summed E-state index contributed by atoms with van der Waals surface area (Å²) in [5.74, 6) is 0.465. The lowest BCUT2D eigenvalue weighted by Crippen LogP contribution is -2.61. The molecule has 0 atom stereocenters. The second-order valence-electron chi connectivity index (χ2n) is 5.61. The summed E-state index contributed by atoms with van der Waals surface area (Å²) in [6.07, 6.45) is -0.633. The number of rotatable bonds is 3. The number of carbonyl (C=O) groups is 1. The van der Waals surface area contributed by atoms with Crippen LogP contribution in [0.25, 0.3) is 0 Å². The van der Waals surface area contributed by atoms with E-state index in [1.54, 1.807) is 4.90 Å². The van der Waals surface area contributed by atoms with Gasteiger partial charge < -0.3 is 9.32 Å². The van der Waals surface area contributed by atoms with Gasteiger partial charge in [0.25, 0.3) is 0 Å². The zero-order chi connectivity index (χ0) is 13.7. The fourth-order valence-corrected chi connectivity index (χ4v) is 3.24. The lowest BCUT2D eigenvalue weighted by Gasteiger charge is -2.58. The molecule has 3 rings (SSSR count). The fraction of sp³-hybridized carbons (Fsp3) is 0.667. The van der Waals surface area contributed by atoms with Crippen molar-refractivity contribution < 1.29 is 22.4 Å². The van der Waals surface area contributed by atoms with Crippen LogP contribution in [0.1, 0.15) is 24.4 Å². The summed E-state index contributed by atoms with van der Waals surface area (Å²) in [4.78, 5) is 15.7. The first-order valence-electron chi connectivity index (χ1n) is 6.11. The number of amides is 1. The van der Waals surface area contributed by atoms with E-state index in [4.69, 9.17) is 4.42 Å². The molecule has 0 bridgehead atoms.